The Kier molecular flexibility index (Phi) is 6.13. The molecule has 1 saturated heterocycles. The highest BCUT2D eigenvalue weighted by atomic mass is 32.1. The van der Waals surface area contributed by atoms with Crippen LogP contribution in [0.1, 0.15) is 10.6 Å². The van der Waals surface area contributed by atoms with Crippen molar-refractivity contribution in [3.05, 3.63) is 70.5 Å². The molecule has 0 aliphatic carbocycles. The maximum Gasteiger partial charge on any atom is 0.416 e. The largest absolute Gasteiger partial charge is 0.416 e. The second kappa shape index (κ2) is 8.97. The minimum Gasteiger partial charge on any atom is -0.368 e. The number of piperazine rings is 1. The molecule has 0 bridgehead atoms. The molecule has 1 aromatic heterocycles. The maximum absolute atomic E-state index is 12.9. The van der Waals surface area contributed by atoms with E-state index in [1.54, 1.807) is 11.0 Å². The van der Waals surface area contributed by atoms with Gasteiger partial charge in [0.25, 0.3) is 0 Å². The molecule has 1 N–H and O–H groups in total. The van der Waals surface area contributed by atoms with E-state index in [2.05, 4.69) is 10.3 Å². The Morgan fingerprint density at radius 2 is 1.77 bits per heavy atom. The van der Waals surface area contributed by atoms with Crippen LogP contribution in [0.4, 0.5) is 23.7 Å². The molecule has 2 amide bonds. The predicted octanol–water partition coefficient (Wildman–Crippen LogP) is 4.86. The van der Waals surface area contributed by atoms with Crippen molar-refractivity contribution in [3.8, 4) is 11.3 Å². The van der Waals surface area contributed by atoms with E-state index in [9.17, 15) is 18.0 Å². The number of carbonyl (C=O) groups excluding carboxylic acids is 1. The summed E-state index contributed by atoms with van der Waals surface area (Å²) < 4.78 is 38.8. The molecule has 5 nitrogen and oxygen atoms in total. The van der Waals surface area contributed by atoms with E-state index in [0.29, 0.717) is 38.4 Å². The van der Waals surface area contributed by atoms with Crippen molar-refractivity contribution in [1.82, 2.24) is 15.2 Å². The fourth-order valence-corrected chi connectivity index (χ4v) is 4.19. The molecule has 4 rings (SSSR count). The summed E-state index contributed by atoms with van der Waals surface area (Å²) in [5.41, 5.74) is 1.76. The summed E-state index contributed by atoms with van der Waals surface area (Å²) >= 11 is 1.49. The van der Waals surface area contributed by atoms with Gasteiger partial charge in [-0.2, -0.15) is 13.2 Å². The minimum atomic E-state index is -4.37. The summed E-state index contributed by atoms with van der Waals surface area (Å²) in [5.74, 6) is 0. The van der Waals surface area contributed by atoms with Gasteiger partial charge < -0.3 is 15.1 Å². The van der Waals surface area contributed by atoms with Gasteiger partial charge in [0.1, 0.15) is 5.01 Å². The third-order valence-corrected chi connectivity index (χ3v) is 5.97. The van der Waals surface area contributed by atoms with Gasteiger partial charge in [-0.3, -0.25) is 0 Å². The van der Waals surface area contributed by atoms with E-state index in [-0.39, 0.29) is 6.03 Å². The first-order valence-electron chi connectivity index (χ1n) is 9.85. The Bertz CT molecular complexity index is 1030. The number of aromatic nitrogens is 1. The molecule has 0 atom stereocenters. The first-order valence-corrected chi connectivity index (χ1v) is 10.7. The summed E-state index contributed by atoms with van der Waals surface area (Å²) in [4.78, 5) is 20.6. The van der Waals surface area contributed by atoms with E-state index in [1.165, 1.54) is 17.4 Å². The van der Waals surface area contributed by atoms with Crippen molar-refractivity contribution in [2.24, 2.45) is 0 Å². The standard InChI is InChI=1S/C22H21F3N4OS/c23-22(24,25)17-7-4-8-18(13-17)28-9-11-29(12-10-28)21(30)26-14-20-27-19(15-31-20)16-5-2-1-3-6-16/h1-8,13,15H,9-12,14H2,(H,26,30). The Hall–Kier alpha value is -3.07. The van der Waals surface area contributed by atoms with Gasteiger partial charge in [0.05, 0.1) is 17.8 Å². The van der Waals surface area contributed by atoms with Crippen LogP contribution in [0.15, 0.2) is 60.0 Å². The van der Waals surface area contributed by atoms with Gasteiger partial charge in [-0.1, -0.05) is 36.4 Å². The topological polar surface area (TPSA) is 48.5 Å². The molecule has 1 aliphatic rings. The smallest absolute Gasteiger partial charge is 0.368 e. The molecule has 0 radical (unpaired) electrons. The Morgan fingerprint density at radius 1 is 1.03 bits per heavy atom. The van der Waals surface area contributed by atoms with Crippen molar-refractivity contribution < 1.29 is 18.0 Å². The van der Waals surface area contributed by atoms with Crippen LogP contribution in [0.3, 0.4) is 0 Å². The zero-order valence-corrected chi connectivity index (χ0v) is 17.4. The quantitative estimate of drug-likeness (QED) is 0.623. The van der Waals surface area contributed by atoms with Gasteiger partial charge in [0.2, 0.25) is 0 Å². The molecule has 2 heterocycles. The Labute approximate surface area is 182 Å². The normalized spacial score (nSPS) is 14.5. The fraction of sp³-hybridized carbons (Fsp3) is 0.273. The van der Waals surface area contributed by atoms with Crippen LogP contribution in [0.25, 0.3) is 11.3 Å². The van der Waals surface area contributed by atoms with Crippen LogP contribution < -0.4 is 10.2 Å². The second-order valence-electron chi connectivity index (χ2n) is 7.17. The number of thiazole rings is 1. The van der Waals surface area contributed by atoms with Crippen LogP contribution in [0.5, 0.6) is 0 Å². The first-order chi connectivity index (χ1) is 14.9. The SMILES string of the molecule is O=C(NCc1nc(-c2ccccc2)cs1)N1CCN(c2cccc(C(F)(F)F)c2)CC1. The predicted molar refractivity (Wildman–Crippen MR) is 115 cm³/mol. The lowest BCUT2D eigenvalue weighted by Crippen LogP contribution is -2.51. The third-order valence-electron chi connectivity index (χ3n) is 5.12. The number of nitrogens with one attached hydrogen (secondary N) is 1. The number of alkyl halides is 3. The van der Waals surface area contributed by atoms with Crippen molar-refractivity contribution in [2.45, 2.75) is 12.7 Å². The molecule has 0 spiro atoms. The van der Waals surface area contributed by atoms with E-state index in [1.807, 2.05) is 40.6 Å². The highest BCUT2D eigenvalue weighted by Crippen LogP contribution is 2.32. The van der Waals surface area contributed by atoms with E-state index < -0.39 is 11.7 Å². The number of rotatable bonds is 4. The van der Waals surface area contributed by atoms with E-state index in [0.717, 1.165) is 28.4 Å². The van der Waals surface area contributed by atoms with Crippen LogP contribution in [-0.2, 0) is 12.7 Å². The number of carbonyl (C=O) groups is 1. The highest BCUT2D eigenvalue weighted by molar-refractivity contribution is 7.09. The molecule has 2 aromatic carbocycles. The lowest BCUT2D eigenvalue weighted by Gasteiger charge is -2.36. The monoisotopic (exact) mass is 446 g/mol. The lowest BCUT2D eigenvalue weighted by molar-refractivity contribution is -0.137. The van der Waals surface area contributed by atoms with Gasteiger partial charge in [-0.25, -0.2) is 9.78 Å². The fourth-order valence-electron chi connectivity index (χ4n) is 3.44. The van der Waals surface area contributed by atoms with E-state index >= 15 is 0 Å². The summed E-state index contributed by atoms with van der Waals surface area (Å²) in [6, 6.07) is 14.9. The summed E-state index contributed by atoms with van der Waals surface area (Å²) in [5, 5.41) is 5.66. The number of hydrogen-bond acceptors (Lipinski definition) is 4. The summed E-state index contributed by atoms with van der Waals surface area (Å²) in [7, 11) is 0. The van der Waals surface area contributed by atoms with Crippen LogP contribution >= 0.6 is 11.3 Å². The van der Waals surface area contributed by atoms with Gasteiger partial charge in [-0.15, -0.1) is 11.3 Å². The van der Waals surface area contributed by atoms with Gasteiger partial charge >= 0.3 is 12.2 Å². The average molecular weight is 446 g/mol. The molecule has 0 saturated carbocycles. The van der Waals surface area contributed by atoms with Crippen LogP contribution in [-0.4, -0.2) is 42.1 Å². The lowest BCUT2D eigenvalue weighted by atomic mass is 10.1. The summed E-state index contributed by atoms with van der Waals surface area (Å²) in [6.07, 6.45) is -4.37. The summed E-state index contributed by atoms with van der Waals surface area (Å²) in [6.45, 7) is 2.17. The number of benzene rings is 2. The second-order valence-corrected chi connectivity index (χ2v) is 8.12. The van der Waals surface area contributed by atoms with Gasteiger partial charge in [0.15, 0.2) is 0 Å². The number of nitrogens with zero attached hydrogens (tertiary/aromatic N) is 3. The highest BCUT2D eigenvalue weighted by Gasteiger charge is 2.31. The van der Waals surface area contributed by atoms with Gasteiger partial charge in [0, 0.05) is 42.8 Å². The molecule has 31 heavy (non-hydrogen) atoms. The molecule has 3 aromatic rings. The minimum absolute atomic E-state index is 0.194. The maximum atomic E-state index is 12.9. The average Bonchev–Trinajstić information content (AvgIpc) is 3.27. The van der Waals surface area contributed by atoms with Crippen LogP contribution in [0.2, 0.25) is 0 Å². The Morgan fingerprint density at radius 3 is 2.48 bits per heavy atom. The molecule has 1 fully saturated rings. The van der Waals surface area contributed by atoms with Crippen molar-refractivity contribution in [3.63, 3.8) is 0 Å². The molecule has 162 valence electrons. The Balaban J connectivity index is 1.29. The molecular weight excluding hydrogens is 425 g/mol. The molecular formula is C22H21F3N4OS. The van der Waals surface area contributed by atoms with Crippen molar-refractivity contribution in [2.75, 3.05) is 31.1 Å². The third kappa shape index (κ3) is 5.16. The van der Waals surface area contributed by atoms with Crippen LogP contribution in [0, 0.1) is 0 Å². The first kappa shape index (κ1) is 21.2. The molecule has 1 aliphatic heterocycles. The van der Waals surface area contributed by atoms with E-state index in [4.69, 9.17) is 0 Å². The number of halogens is 3. The zero-order chi connectivity index (χ0) is 21.8. The van der Waals surface area contributed by atoms with Crippen molar-refractivity contribution in [1.29, 1.82) is 0 Å². The molecule has 9 heteroatoms. The van der Waals surface area contributed by atoms with Crippen molar-refractivity contribution >= 4 is 23.1 Å². The number of anilines is 1. The number of urea groups is 1. The number of hydrogen-bond donors (Lipinski definition) is 1. The molecule has 0 unspecified atom stereocenters. The number of amides is 2. The van der Waals surface area contributed by atoms with Gasteiger partial charge in [-0.05, 0) is 18.2 Å². The zero-order valence-electron chi connectivity index (χ0n) is 16.6.